The molecule has 0 saturated carbocycles. The van der Waals surface area contributed by atoms with Crippen LogP contribution in [-0.2, 0) is 20.8 Å². The van der Waals surface area contributed by atoms with Crippen LogP contribution in [0.4, 0.5) is 0 Å². The summed E-state index contributed by atoms with van der Waals surface area (Å²) in [7, 11) is 0. The molecule has 196 valence electrons. The molecular weight excluding hydrogens is 486 g/mol. The third-order valence-electron chi connectivity index (χ3n) is 6.10. The number of carbonyl (C=O) groups excluding carboxylic acids is 2. The number of ether oxygens (including phenoxy) is 1. The fraction of sp³-hybridized carbons (Fsp3) is 0.500. The Morgan fingerprint density at radius 3 is 2.67 bits per heavy atom. The first-order valence-corrected chi connectivity index (χ1v) is 12.7. The summed E-state index contributed by atoms with van der Waals surface area (Å²) in [5.74, 6) is -1.77. The predicted octanol–water partition coefficient (Wildman–Crippen LogP) is 3.85. The molecule has 1 aromatic rings. The minimum atomic E-state index is -0.780. The number of phenols is 2. The maximum atomic E-state index is 13.1. The van der Waals surface area contributed by atoms with Gasteiger partial charge in [-0.3, -0.25) is 4.79 Å². The summed E-state index contributed by atoms with van der Waals surface area (Å²) >= 11 is 6.37. The standard InChI is InChI=1S/C26H34ClN3O6/c27-25-20-15-18(29-35-17-23(33)30-13-7-4-8-14-30)9-5-2-1-3-6-10-19(11-12-28)36-26(34)24(20)21(31)16-22(25)32/h3,5-6,9,16,19,31-32H,1-2,4,7-8,10-15,17,28H2/b6-3+,9-5+,29-18+. The van der Waals surface area contributed by atoms with E-state index in [1.165, 1.54) is 0 Å². The highest BCUT2D eigenvalue weighted by Gasteiger charge is 2.26. The molecule has 4 N–H and O–H groups in total. The second-order valence-corrected chi connectivity index (χ2v) is 9.23. The van der Waals surface area contributed by atoms with Crippen LogP contribution in [0.25, 0.3) is 0 Å². The number of likely N-dealkylation sites (tertiary alicyclic amines) is 1. The molecule has 0 aromatic heterocycles. The molecule has 0 aliphatic carbocycles. The van der Waals surface area contributed by atoms with Gasteiger partial charge >= 0.3 is 5.97 Å². The summed E-state index contributed by atoms with van der Waals surface area (Å²) in [5.41, 5.74) is 6.03. The van der Waals surface area contributed by atoms with Crippen molar-refractivity contribution in [1.82, 2.24) is 4.90 Å². The Balaban J connectivity index is 1.90. The van der Waals surface area contributed by atoms with Crippen LogP contribution in [0, 0.1) is 0 Å². The van der Waals surface area contributed by atoms with E-state index in [0.29, 0.717) is 38.2 Å². The van der Waals surface area contributed by atoms with Crippen LogP contribution in [0.5, 0.6) is 11.5 Å². The number of cyclic esters (lactones) is 1. The van der Waals surface area contributed by atoms with Crippen molar-refractivity contribution >= 4 is 29.2 Å². The molecule has 2 heterocycles. The Kier molecular flexibility index (Phi) is 10.6. The zero-order valence-electron chi connectivity index (χ0n) is 20.3. The fourth-order valence-electron chi connectivity index (χ4n) is 4.18. The predicted molar refractivity (Wildman–Crippen MR) is 137 cm³/mol. The first kappa shape index (κ1) is 27.5. The Morgan fingerprint density at radius 1 is 1.17 bits per heavy atom. The molecule has 36 heavy (non-hydrogen) atoms. The van der Waals surface area contributed by atoms with Gasteiger partial charge in [-0.05, 0) is 56.7 Å². The van der Waals surface area contributed by atoms with Crippen LogP contribution in [0.2, 0.25) is 5.02 Å². The number of esters is 1. The number of rotatable bonds is 5. The number of oxime groups is 1. The van der Waals surface area contributed by atoms with Crippen molar-refractivity contribution in [2.75, 3.05) is 26.2 Å². The molecule has 3 rings (SSSR count). The highest BCUT2D eigenvalue weighted by molar-refractivity contribution is 6.33. The SMILES string of the molecule is NCCC1C/C=C/CC/C=C/C(=N\OCC(=O)N2CCCCC2)Cc2c(Cl)c(O)cc(O)c2C(=O)O1. The van der Waals surface area contributed by atoms with Crippen LogP contribution in [0.1, 0.15) is 60.9 Å². The largest absolute Gasteiger partial charge is 0.507 e. The smallest absolute Gasteiger partial charge is 0.342 e. The van der Waals surface area contributed by atoms with Gasteiger partial charge in [0, 0.05) is 32.0 Å². The molecule has 0 radical (unpaired) electrons. The van der Waals surface area contributed by atoms with Gasteiger partial charge in [0.1, 0.15) is 23.2 Å². The molecule has 2 aliphatic rings. The van der Waals surface area contributed by atoms with Crippen molar-refractivity contribution in [3.05, 3.63) is 46.5 Å². The summed E-state index contributed by atoms with van der Waals surface area (Å²) in [4.78, 5) is 32.7. The zero-order chi connectivity index (χ0) is 25.9. The Hall–Kier alpha value is -3.04. The van der Waals surface area contributed by atoms with Gasteiger partial charge in [-0.2, -0.15) is 0 Å². The second kappa shape index (κ2) is 13.9. The molecule has 0 spiro atoms. The Bertz CT molecular complexity index is 1020. The van der Waals surface area contributed by atoms with Crippen LogP contribution < -0.4 is 5.73 Å². The summed E-state index contributed by atoms with van der Waals surface area (Å²) in [6.07, 6.45) is 12.5. The van der Waals surface area contributed by atoms with Gasteiger partial charge in [-0.25, -0.2) is 4.79 Å². The molecule has 0 bridgehead atoms. The minimum Gasteiger partial charge on any atom is -0.507 e. The number of fused-ring (bicyclic) bond motifs is 1. The lowest BCUT2D eigenvalue weighted by molar-refractivity contribution is -0.137. The van der Waals surface area contributed by atoms with E-state index >= 15 is 0 Å². The van der Waals surface area contributed by atoms with E-state index in [-0.39, 0.29) is 40.8 Å². The molecule has 10 heteroatoms. The lowest BCUT2D eigenvalue weighted by atomic mass is 9.99. The van der Waals surface area contributed by atoms with E-state index in [4.69, 9.17) is 26.9 Å². The number of halogens is 1. The van der Waals surface area contributed by atoms with Gasteiger partial charge in [0.2, 0.25) is 0 Å². The fourth-order valence-corrected chi connectivity index (χ4v) is 4.40. The van der Waals surface area contributed by atoms with Gasteiger partial charge in [-0.1, -0.05) is 35.0 Å². The number of hydrogen-bond donors (Lipinski definition) is 3. The first-order chi connectivity index (χ1) is 17.4. The number of piperidine rings is 1. The van der Waals surface area contributed by atoms with Crippen molar-refractivity contribution in [1.29, 1.82) is 0 Å². The van der Waals surface area contributed by atoms with E-state index in [1.807, 2.05) is 18.2 Å². The average molecular weight is 520 g/mol. The first-order valence-electron chi connectivity index (χ1n) is 12.3. The third kappa shape index (κ3) is 7.73. The number of aromatic hydroxyl groups is 2. The number of nitrogens with zero attached hydrogens (tertiary/aromatic N) is 2. The topological polar surface area (TPSA) is 135 Å². The highest BCUT2D eigenvalue weighted by atomic mass is 35.5. The van der Waals surface area contributed by atoms with Gasteiger partial charge in [0.25, 0.3) is 5.91 Å². The van der Waals surface area contributed by atoms with Crippen molar-refractivity contribution in [2.45, 2.75) is 57.5 Å². The van der Waals surface area contributed by atoms with Gasteiger partial charge in [0.05, 0.1) is 10.7 Å². The van der Waals surface area contributed by atoms with Gasteiger partial charge in [-0.15, -0.1) is 0 Å². The molecular formula is C26H34ClN3O6. The highest BCUT2D eigenvalue weighted by Crippen LogP contribution is 2.37. The van der Waals surface area contributed by atoms with Crippen molar-refractivity contribution < 1.29 is 29.4 Å². The molecule has 1 saturated heterocycles. The average Bonchev–Trinajstić information content (AvgIpc) is 2.86. The summed E-state index contributed by atoms with van der Waals surface area (Å²) in [5, 5.41) is 24.8. The Labute approximate surface area is 216 Å². The van der Waals surface area contributed by atoms with Crippen molar-refractivity contribution in [3.8, 4) is 11.5 Å². The van der Waals surface area contributed by atoms with E-state index in [0.717, 1.165) is 38.2 Å². The number of allylic oxidation sites excluding steroid dienone is 3. The maximum absolute atomic E-state index is 13.1. The molecule has 1 unspecified atom stereocenters. The van der Waals surface area contributed by atoms with Crippen LogP contribution in [-0.4, -0.2) is 65.0 Å². The molecule has 2 aliphatic heterocycles. The number of benzene rings is 1. The van der Waals surface area contributed by atoms with Crippen LogP contribution >= 0.6 is 11.6 Å². The van der Waals surface area contributed by atoms with Gasteiger partial charge in [0.15, 0.2) is 6.61 Å². The number of phenolic OH excluding ortho intramolecular Hbond substituents is 2. The summed E-state index contributed by atoms with van der Waals surface area (Å²) in [6.45, 7) is 1.53. The number of carbonyl (C=O) groups is 2. The second-order valence-electron chi connectivity index (χ2n) is 8.85. The van der Waals surface area contributed by atoms with Crippen molar-refractivity contribution in [3.63, 3.8) is 0 Å². The third-order valence-corrected chi connectivity index (χ3v) is 6.52. The van der Waals surface area contributed by atoms with Gasteiger partial charge < -0.3 is 30.4 Å². The molecule has 1 atom stereocenters. The Morgan fingerprint density at radius 2 is 1.92 bits per heavy atom. The van der Waals surface area contributed by atoms with Crippen molar-refractivity contribution in [2.24, 2.45) is 10.9 Å². The summed E-state index contributed by atoms with van der Waals surface area (Å²) < 4.78 is 5.64. The number of amides is 1. The molecule has 1 aromatic carbocycles. The lowest BCUT2D eigenvalue weighted by Crippen LogP contribution is -2.37. The quantitative estimate of drug-likeness (QED) is 0.305. The molecule has 9 nitrogen and oxygen atoms in total. The zero-order valence-corrected chi connectivity index (χ0v) is 21.1. The van der Waals surface area contributed by atoms with E-state index in [9.17, 15) is 19.8 Å². The van der Waals surface area contributed by atoms with Crippen LogP contribution in [0.15, 0.2) is 35.5 Å². The lowest BCUT2D eigenvalue weighted by Gasteiger charge is -2.26. The molecule has 1 amide bonds. The maximum Gasteiger partial charge on any atom is 0.342 e. The van der Waals surface area contributed by atoms with E-state index in [2.05, 4.69) is 5.16 Å². The number of hydrogen-bond acceptors (Lipinski definition) is 8. The monoisotopic (exact) mass is 519 g/mol. The van der Waals surface area contributed by atoms with E-state index < -0.39 is 17.8 Å². The van der Waals surface area contributed by atoms with Crippen LogP contribution in [0.3, 0.4) is 0 Å². The number of nitrogens with two attached hydrogens (primary N) is 1. The molecule has 1 fully saturated rings. The summed E-state index contributed by atoms with van der Waals surface area (Å²) in [6, 6.07) is 1.00. The van der Waals surface area contributed by atoms with E-state index in [1.54, 1.807) is 11.0 Å². The normalized spacial score (nSPS) is 22.3. The minimum absolute atomic E-state index is 0.0446.